The van der Waals surface area contributed by atoms with Gasteiger partial charge in [0.1, 0.15) is 0 Å². The lowest BCUT2D eigenvalue weighted by Gasteiger charge is -2.11. The van der Waals surface area contributed by atoms with E-state index in [4.69, 9.17) is 0 Å². The lowest BCUT2D eigenvalue weighted by molar-refractivity contribution is 0.666. The third-order valence-corrected chi connectivity index (χ3v) is 3.91. The lowest BCUT2D eigenvalue weighted by atomic mass is 10.1. The van der Waals surface area contributed by atoms with Crippen molar-refractivity contribution in [3.8, 4) is 0 Å². The highest BCUT2D eigenvalue weighted by Crippen LogP contribution is 2.21. The van der Waals surface area contributed by atoms with Gasteiger partial charge in [-0.3, -0.25) is 0 Å². The van der Waals surface area contributed by atoms with Gasteiger partial charge in [-0.2, -0.15) is 0 Å². The molecule has 21 heavy (non-hydrogen) atoms. The molecule has 3 aromatic rings. The molecule has 0 saturated heterocycles. The van der Waals surface area contributed by atoms with Gasteiger partial charge < -0.3 is 9.88 Å². The van der Waals surface area contributed by atoms with Crippen molar-refractivity contribution in [3.63, 3.8) is 0 Å². The van der Waals surface area contributed by atoms with E-state index in [0.717, 1.165) is 19.6 Å². The van der Waals surface area contributed by atoms with Crippen LogP contribution in [0.3, 0.4) is 0 Å². The molecule has 0 bridgehead atoms. The van der Waals surface area contributed by atoms with Crippen molar-refractivity contribution in [1.82, 2.24) is 9.88 Å². The molecule has 3 rings (SSSR count). The van der Waals surface area contributed by atoms with E-state index < -0.39 is 0 Å². The Morgan fingerprint density at radius 2 is 1.76 bits per heavy atom. The maximum absolute atomic E-state index is 3.44. The van der Waals surface area contributed by atoms with Crippen LogP contribution in [0.4, 0.5) is 0 Å². The van der Waals surface area contributed by atoms with Crippen molar-refractivity contribution in [3.05, 3.63) is 71.4 Å². The van der Waals surface area contributed by atoms with Crippen molar-refractivity contribution in [2.45, 2.75) is 26.9 Å². The van der Waals surface area contributed by atoms with Gasteiger partial charge in [-0.1, -0.05) is 55.0 Å². The maximum Gasteiger partial charge on any atom is 0.0486 e. The smallest absolute Gasteiger partial charge is 0.0486 e. The third kappa shape index (κ3) is 3.01. The third-order valence-electron chi connectivity index (χ3n) is 3.91. The number of fused-ring (bicyclic) bond motifs is 1. The van der Waals surface area contributed by atoms with E-state index in [2.05, 4.69) is 78.3 Å². The second kappa shape index (κ2) is 6.15. The highest BCUT2D eigenvalue weighted by atomic mass is 15.0. The van der Waals surface area contributed by atoms with Crippen LogP contribution in [-0.4, -0.2) is 11.1 Å². The first-order valence-corrected chi connectivity index (χ1v) is 7.61. The second-order valence-corrected chi connectivity index (χ2v) is 5.55. The Hall–Kier alpha value is -2.06. The molecule has 0 aliphatic rings. The quantitative estimate of drug-likeness (QED) is 0.743. The Morgan fingerprint density at radius 1 is 1.00 bits per heavy atom. The van der Waals surface area contributed by atoms with E-state index >= 15 is 0 Å². The molecule has 1 aromatic heterocycles. The zero-order valence-corrected chi connectivity index (χ0v) is 12.8. The fourth-order valence-corrected chi connectivity index (χ4v) is 2.73. The highest BCUT2D eigenvalue weighted by Gasteiger charge is 2.08. The summed E-state index contributed by atoms with van der Waals surface area (Å²) in [6.45, 7) is 7.11. The van der Waals surface area contributed by atoms with Gasteiger partial charge in [0.05, 0.1) is 0 Å². The average molecular weight is 278 g/mol. The monoisotopic (exact) mass is 278 g/mol. The van der Waals surface area contributed by atoms with E-state index in [0.29, 0.717) is 0 Å². The first-order valence-electron chi connectivity index (χ1n) is 7.61. The van der Waals surface area contributed by atoms with Gasteiger partial charge in [0.2, 0.25) is 0 Å². The predicted molar refractivity (Wildman–Crippen MR) is 89.6 cm³/mol. The van der Waals surface area contributed by atoms with Crippen LogP contribution in [0, 0.1) is 6.92 Å². The molecule has 2 nitrogen and oxygen atoms in total. The van der Waals surface area contributed by atoms with E-state index in [-0.39, 0.29) is 0 Å². The average Bonchev–Trinajstić information content (AvgIpc) is 2.85. The normalized spacial score (nSPS) is 11.1. The van der Waals surface area contributed by atoms with Crippen molar-refractivity contribution in [2.75, 3.05) is 6.54 Å². The summed E-state index contributed by atoms with van der Waals surface area (Å²) in [5.74, 6) is 0. The number of rotatable bonds is 5. The number of nitrogens with one attached hydrogen (secondary N) is 1. The van der Waals surface area contributed by atoms with E-state index in [1.54, 1.807) is 0 Å². The molecule has 0 radical (unpaired) electrons. The number of benzene rings is 2. The summed E-state index contributed by atoms with van der Waals surface area (Å²) >= 11 is 0. The van der Waals surface area contributed by atoms with Crippen LogP contribution in [0.1, 0.15) is 23.7 Å². The van der Waals surface area contributed by atoms with Crippen LogP contribution in [0.25, 0.3) is 10.9 Å². The molecule has 1 heterocycles. The van der Waals surface area contributed by atoms with Crippen LogP contribution >= 0.6 is 0 Å². The van der Waals surface area contributed by atoms with Gasteiger partial charge in [-0.15, -0.1) is 0 Å². The fraction of sp³-hybridized carbons (Fsp3) is 0.263. The molecule has 1 N–H and O–H groups in total. The van der Waals surface area contributed by atoms with E-state index in [9.17, 15) is 0 Å². The van der Waals surface area contributed by atoms with Crippen LogP contribution in [0.2, 0.25) is 0 Å². The molecule has 0 unspecified atom stereocenters. The zero-order valence-electron chi connectivity index (χ0n) is 12.8. The summed E-state index contributed by atoms with van der Waals surface area (Å²) in [5, 5.41) is 4.76. The molecular formula is C19H22N2. The van der Waals surface area contributed by atoms with Gasteiger partial charge in [-0.05, 0) is 36.6 Å². The minimum absolute atomic E-state index is 0.914. The molecule has 0 fully saturated rings. The lowest BCUT2D eigenvalue weighted by Crippen LogP contribution is -2.15. The number of aryl methyl sites for hydroxylation is 1. The summed E-state index contributed by atoms with van der Waals surface area (Å²) in [6, 6.07) is 19.7. The van der Waals surface area contributed by atoms with Crippen LogP contribution in [0.15, 0.2) is 54.6 Å². The van der Waals surface area contributed by atoms with Crippen molar-refractivity contribution in [2.24, 2.45) is 0 Å². The standard InChI is InChI=1S/C19H22N2/c1-3-20-13-18-12-17-6-4-5-7-19(17)21(18)14-16-10-8-15(2)9-11-16/h4-12,20H,3,13-14H2,1-2H3. The Balaban J connectivity index is 1.99. The Labute approximate surface area is 126 Å². The largest absolute Gasteiger partial charge is 0.339 e. The number of nitrogens with zero attached hydrogens (tertiary/aromatic N) is 1. The summed E-state index contributed by atoms with van der Waals surface area (Å²) < 4.78 is 2.42. The van der Waals surface area contributed by atoms with Crippen molar-refractivity contribution >= 4 is 10.9 Å². The van der Waals surface area contributed by atoms with Gasteiger partial charge in [-0.25, -0.2) is 0 Å². The molecule has 0 aliphatic heterocycles. The minimum atomic E-state index is 0.914. The molecule has 0 aliphatic carbocycles. The molecule has 0 atom stereocenters. The highest BCUT2D eigenvalue weighted by molar-refractivity contribution is 5.81. The van der Waals surface area contributed by atoms with Crippen molar-refractivity contribution < 1.29 is 0 Å². The molecule has 0 saturated carbocycles. The van der Waals surface area contributed by atoms with Gasteiger partial charge >= 0.3 is 0 Å². The Kier molecular flexibility index (Phi) is 4.07. The van der Waals surface area contributed by atoms with Crippen LogP contribution in [-0.2, 0) is 13.1 Å². The second-order valence-electron chi connectivity index (χ2n) is 5.55. The van der Waals surface area contributed by atoms with Crippen LogP contribution < -0.4 is 5.32 Å². The zero-order chi connectivity index (χ0) is 14.7. The van der Waals surface area contributed by atoms with Crippen molar-refractivity contribution in [1.29, 1.82) is 0 Å². The number of aromatic nitrogens is 1. The molecule has 2 aromatic carbocycles. The number of para-hydroxylation sites is 1. The van der Waals surface area contributed by atoms with Gasteiger partial charge in [0.15, 0.2) is 0 Å². The molecule has 0 spiro atoms. The Bertz CT molecular complexity index is 723. The predicted octanol–water partition coefficient (Wildman–Crippen LogP) is 4.11. The summed E-state index contributed by atoms with van der Waals surface area (Å²) in [6.07, 6.45) is 0. The number of hydrogen-bond acceptors (Lipinski definition) is 1. The topological polar surface area (TPSA) is 17.0 Å². The minimum Gasteiger partial charge on any atom is -0.339 e. The SMILES string of the molecule is CCNCc1cc2ccccc2n1Cc1ccc(C)cc1. The first-order chi connectivity index (χ1) is 10.3. The summed E-state index contributed by atoms with van der Waals surface area (Å²) in [4.78, 5) is 0. The molecular weight excluding hydrogens is 256 g/mol. The maximum atomic E-state index is 3.44. The van der Waals surface area contributed by atoms with Gasteiger partial charge in [0, 0.05) is 24.3 Å². The molecule has 0 amide bonds. The summed E-state index contributed by atoms with van der Waals surface area (Å²) in [5.41, 5.74) is 5.31. The number of hydrogen-bond donors (Lipinski definition) is 1. The first kappa shape index (κ1) is 13.9. The fourth-order valence-electron chi connectivity index (χ4n) is 2.73. The molecule has 108 valence electrons. The van der Waals surface area contributed by atoms with Gasteiger partial charge in [0.25, 0.3) is 0 Å². The van der Waals surface area contributed by atoms with E-state index in [1.165, 1.54) is 27.7 Å². The van der Waals surface area contributed by atoms with Crippen LogP contribution in [0.5, 0.6) is 0 Å². The summed E-state index contributed by atoms with van der Waals surface area (Å²) in [7, 11) is 0. The Morgan fingerprint density at radius 3 is 2.52 bits per heavy atom. The molecule has 2 heteroatoms. The van der Waals surface area contributed by atoms with E-state index in [1.807, 2.05) is 0 Å².